The SMILES string of the molecule is O=[N+]([O-])c1ccc2[nH]c3c([N+](=O)[O-])c(O)c([N+](=O)[O-])cc3c2c1. The minimum Gasteiger partial charge on any atom is -0.497 e. The van der Waals surface area contributed by atoms with E-state index in [1.54, 1.807) is 0 Å². The predicted octanol–water partition coefficient (Wildman–Crippen LogP) is 2.75. The molecule has 3 aromatic rings. The van der Waals surface area contributed by atoms with Gasteiger partial charge in [-0.15, -0.1) is 0 Å². The number of nitro benzene ring substituents is 3. The van der Waals surface area contributed by atoms with Crippen LogP contribution in [-0.4, -0.2) is 24.9 Å². The Hall–Kier alpha value is -3.76. The Bertz CT molecular complexity index is 1020. The zero-order valence-electron chi connectivity index (χ0n) is 11.0. The monoisotopic (exact) mass is 318 g/mol. The van der Waals surface area contributed by atoms with Crippen molar-refractivity contribution in [3.63, 3.8) is 0 Å². The second kappa shape index (κ2) is 4.62. The highest BCUT2D eigenvalue weighted by molar-refractivity contribution is 6.12. The van der Waals surface area contributed by atoms with E-state index in [9.17, 15) is 35.4 Å². The highest BCUT2D eigenvalue weighted by Gasteiger charge is 2.31. The topological polar surface area (TPSA) is 165 Å². The molecular weight excluding hydrogens is 312 g/mol. The van der Waals surface area contributed by atoms with Crippen LogP contribution in [-0.2, 0) is 0 Å². The van der Waals surface area contributed by atoms with Gasteiger partial charge in [0.2, 0.25) is 0 Å². The van der Waals surface area contributed by atoms with Gasteiger partial charge in [0.1, 0.15) is 5.52 Å². The molecule has 116 valence electrons. The lowest BCUT2D eigenvalue weighted by molar-refractivity contribution is -0.395. The van der Waals surface area contributed by atoms with Crippen LogP contribution in [0, 0.1) is 30.3 Å². The fourth-order valence-corrected chi connectivity index (χ4v) is 2.41. The van der Waals surface area contributed by atoms with Gasteiger partial charge in [-0.2, -0.15) is 0 Å². The molecule has 0 amide bonds. The second-order valence-corrected chi connectivity index (χ2v) is 4.64. The fraction of sp³-hybridized carbons (Fsp3) is 0. The van der Waals surface area contributed by atoms with Crippen LogP contribution in [0.4, 0.5) is 17.1 Å². The third-order valence-electron chi connectivity index (χ3n) is 3.40. The Morgan fingerprint density at radius 2 is 1.61 bits per heavy atom. The van der Waals surface area contributed by atoms with Crippen LogP contribution in [0.25, 0.3) is 21.8 Å². The minimum atomic E-state index is -1.08. The maximum atomic E-state index is 11.2. The summed E-state index contributed by atoms with van der Waals surface area (Å²) in [6, 6.07) is 4.62. The van der Waals surface area contributed by atoms with E-state index in [-0.39, 0.29) is 22.0 Å². The molecule has 0 saturated carbocycles. The van der Waals surface area contributed by atoms with Crippen LogP contribution >= 0.6 is 0 Å². The maximum absolute atomic E-state index is 11.2. The summed E-state index contributed by atoms with van der Waals surface area (Å²) < 4.78 is 0. The van der Waals surface area contributed by atoms with Gasteiger partial charge in [-0.3, -0.25) is 30.3 Å². The average Bonchev–Trinajstić information content (AvgIpc) is 2.82. The Labute approximate surface area is 125 Å². The third-order valence-corrected chi connectivity index (χ3v) is 3.40. The zero-order valence-corrected chi connectivity index (χ0v) is 11.0. The molecule has 0 spiro atoms. The number of aromatic nitrogens is 1. The molecule has 1 aromatic heterocycles. The van der Waals surface area contributed by atoms with Crippen LogP contribution in [0.1, 0.15) is 0 Å². The van der Waals surface area contributed by atoms with Crippen molar-refractivity contribution >= 4 is 38.9 Å². The van der Waals surface area contributed by atoms with E-state index in [1.165, 1.54) is 12.1 Å². The number of fused-ring (bicyclic) bond motifs is 3. The number of nitrogens with zero attached hydrogens (tertiary/aromatic N) is 3. The van der Waals surface area contributed by atoms with Crippen molar-refractivity contribution in [1.29, 1.82) is 0 Å². The zero-order chi connectivity index (χ0) is 16.9. The maximum Gasteiger partial charge on any atom is 0.341 e. The highest BCUT2D eigenvalue weighted by Crippen LogP contribution is 2.44. The van der Waals surface area contributed by atoms with Crippen LogP contribution in [0.15, 0.2) is 24.3 Å². The van der Waals surface area contributed by atoms with Crippen molar-refractivity contribution in [2.75, 3.05) is 0 Å². The van der Waals surface area contributed by atoms with E-state index in [4.69, 9.17) is 0 Å². The van der Waals surface area contributed by atoms with Gasteiger partial charge in [0, 0.05) is 34.5 Å². The number of benzene rings is 2. The molecule has 1 heterocycles. The van der Waals surface area contributed by atoms with Gasteiger partial charge < -0.3 is 10.1 Å². The summed E-state index contributed by atoms with van der Waals surface area (Å²) in [5.74, 6) is -1.08. The minimum absolute atomic E-state index is 0.0416. The number of hydrogen-bond donors (Lipinski definition) is 2. The first-order chi connectivity index (χ1) is 10.8. The number of aromatic amines is 1. The first-order valence-corrected chi connectivity index (χ1v) is 6.06. The predicted molar refractivity (Wildman–Crippen MR) is 77.4 cm³/mol. The number of hydrogen-bond acceptors (Lipinski definition) is 7. The van der Waals surface area contributed by atoms with Crippen molar-refractivity contribution in [1.82, 2.24) is 4.98 Å². The number of phenols is 1. The first-order valence-electron chi connectivity index (χ1n) is 6.06. The summed E-state index contributed by atoms with van der Waals surface area (Å²) in [7, 11) is 0. The molecule has 3 rings (SSSR count). The van der Waals surface area contributed by atoms with E-state index in [2.05, 4.69) is 4.98 Å². The smallest absolute Gasteiger partial charge is 0.341 e. The molecular formula is C12H6N4O7. The normalized spacial score (nSPS) is 11.0. The Balaban J connectivity index is 2.53. The largest absolute Gasteiger partial charge is 0.497 e. The quantitative estimate of drug-likeness (QED) is 0.553. The number of nitro groups is 3. The molecule has 0 bridgehead atoms. The molecule has 0 unspecified atom stereocenters. The lowest BCUT2D eigenvalue weighted by Crippen LogP contribution is -1.95. The number of non-ortho nitro benzene ring substituents is 1. The molecule has 0 fully saturated rings. The summed E-state index contributed by atoms with van der Waals surface area (Å²) in [4.78, 5) is 33.1. The number of phenolic OH excluding ortho intramolecular Hbond substituents is 1. The van der Waals surface area contributed by atoms with Gasteiger partial charge in [-0.05, 0) is 6.07 Å². The van der Waals surface area contributed by atoms with Crippen molar-refractivity contribution in [3.05, 3.63) is 54.6 Å². The summed E-state index contributed by atoms with van der Waals surface area (Å²) >= 11 is 0. The molecule has 0 aliphatic heterocycles. The molecule has 0 aliphatic rings. The highest BCUT2D eigenvalue weighted by atomic mass is 16.6. The molecule has 11 heteroatoms. The third kappa shape index (κ3) is 1.98. The number of H-pyrrole nitrogens is 1. The summed E-state index contributed by atoms with van der Waals surface area (Å²) in [5, 5.41) is 43.0. The van der Waals surface area contributed by atoms with E-state index < -0.39 is 31.9 Å². The number of aromatic hydroxyl groups is 1. The van der Waals surface area contributed by atoms with Gasteiger partial charge in [-0.25, -0.2) is 0 Å². The van der Waals surface area contributed by atoms with Crippen LogP contribution in [0.5, 0.6) is 5.75 Å². The number of rotatable bonds is 3. The molecule has 11 nitrogen and oxygen atoms in total. The molecule has 0 atom stereocenters. The fourth-order valence-electron chi connectivity index (χ4n) is 2.41. The molecule has 2 N–H and O–H groups in total. The Kier molecular flexibility index (Phi) is 2.85. The average molecular weight is 318 g/mol. The summed E-state index contributed by atoms with van der Waals surface area (Å²) in [6.07, 6.45) is 0. The van der Waals surface area contributed by atoms with E-state index in [0.29, 0.717) is 5.52 Å². The first kappa shape index (κ1) is 14.2. The second-order valence-electron chi connectivity index (χ2n) is 4.64. The van der Waals surface area contributed by atoms with Crippen LogP contribution in [0.3, 0.4) is 0 Å². The number of nitrogens with one attached hydrogen (secondary N) is 1. The lowest BCUT2D eigenvalue weighted by atomic mass is 10.1. The van der Waals surface area contributed by atoms with Gasteiger partial charge in [0.05, 0.1) is 14.8 Å². The van der Waals surface area contributed by atoms with Gasteiger partial charge in [-0.1, -0.05) is 0 Å². The van der Waals surface area contributed by atoms with Crippen molar-refractivity contribution in [2.45, 2.75) is 0 Å². The van der Waals surface area contributed by atoms with Crippen molar-refractivity contribution in [3.8, 4) is 5.75 Å². The molecule has 0 aliphatic carbocycles. The van der Waals surface area contributed by atoms with Crippen molar-refractivity contribution < 1.29 is 19.9 Å². The van der Waals surface area contributed by atoms with Gasteiger partial charge in [0.15, 0.2) is 0 Å². The summed E-state index contributed by atoms with van der Waals surface area (Å²) in [6.45, 7) is 0. The Morgan fingerprint density at radius 3 is 2.17 bits per heavy atom. The van der Waals surface area contributed by atoms with Crippen LogP contribution in [0.2, 0.25) is 0 Å². The van der Waals surface area contributed by atoms with E-state index >= 15 is 0 Å². The lowest BCUT2D eigenvalue weighted by Gasteiger charge is -1.99. The van der Waals surface area contributed by atoms with Gasteiger partial charge in [0.25, 0.3) is 11.4 Å². The standard InChI is InChI=1S/C12H6N4O7/c17-12-9(15(20)21)4-7-6-3-5(14(18)19)1-2-8(6)13-10(7)11(12)16(22)23/h1-4,13,17H. The molecule has 23 heavy (non-hydrogen) atoms. The van der Waals surface area contributed by atoms with E-state index in [0.717, 1.165) is 12.1 Å². The molecule has 2 aromatic carbocycles. The molecule has 0 saturated heterocycles. The Morgan fingerprint density at radius 1 is 0.913 bits per heavy atom. The van der Waals surface area contributed by atoms with Crippen LogP contribution < -0.4 is 0 Å². The van der Waals surface area contributed by atoms with Crippen molar-refractivity contribution in [2.24, 2.45) is 0 Å². The molecule has 0 radical (unpaired) electrons. The van der Waals surface area contributed by atoms with Gasteiger partial charge >= 0.3 is 11.4 Å². The van der Waals surface area contributed by atoms with E-state index in [1.807, 2.05) is 0 Å². The summed E-state index contributed by atoms with van der Waals surface area (Å²) in [5.41, 5.74) is -1.80.